The normalized spacial score (nSPS) is 32.0. The molecule has 2 aliphatic rings. The summed E-state index contributed by atoms with van der Waals surface area (Å²) in [5.41, 5.74) is 0.987. The molecule has 3 unspecified atom stereocenters. The lowest BCUT2D eigenvalue weighted by Gasteiger charge is -2.32. The molecule has 0 amide bonds. The Balaban J connectivity index is 1.77. The van der Waals surface area contributed by atoms with Crippen molar-refractivity contribution < 1.29 is 9.84 Å². The van der Waals surface area contributed by atoms with Crippen molar-refractivity contribution in [2.24, 2.45) is 5.92 Å². The lowest BCUT2D eigenvalue weighted by atomic mass is 9.81. The monoisotopic (exact) mass is 292 g/mol. The number of aliphatic hydroxyl groups is 1. The number of rotatable bonds is 2. The van der Waals surface area contributed by atoms with Gasteiger partial charge >= 0.3 is 0 Å². The second-order valence-corrected chi connectivity index (χ2v) is 8.52. The van der Waals surface area contributed by atoms with E-state index in [1.54, 1.807) is 0 Å². The summed E-state index contributed by atoms with van der Waals surface area (Å²) in [5.74, 6) is 0.198. The van der Waals surface area contributed by atoms with Gasteiger partial charge in [-0.3, -0.25) is 0 Å². The second-order valence-electron chi connectivity index (χ2n) is 7.23. The van der Waals surface area contributed by atoms with Crippen LogP contribution < -0.4 is 0 Å². The predicted molar refractivity (Wildman–Crippen MR) is 83.1 cm³/mol. The van der Waals surface area contributed by atoms with Gasteiger partial charge in [0, 0.05) is 16.1 Å². The van der Waals surface area contributed by atoms with Gasteiger partial charge in [0.25, 0.3) is 0 Å². The molecule has 110 valence electrons. The maximum absolute atomic E-state index is 10.9. The summed E-state index contributed by atoms with van der Waals surface area (Å²) in [6.45, 7) is 8.47. The number of thioether (sulfide) groups is 1. The first-order valence-corrected chi connectivity index (χ1v) is 8.29. The highest BCUT2D eigenvalue weighted by Crippen LogP contribution is 2.48. The highest BCUT2D eigenvalue weighted by atomic mass is 32.2. The van der Waals surface area contributed by atoms with Crippen molar-refractivity contribution in [1.82, 2.24) is 0 Å². The van der Waals surface area contributed by atoms with Gasteiger partial charge in [-0.05, 0) is 52.2 Å². The van der Waals surface area contributed by atoms with Gasteiger partial charge in [0.2, 0.25) is 0 Å². The van der Waals surface area contributed by atoms with Gasteiger partial charge < -0.3 is 9.84 Å². The lowest BCUT2D eigenvalue weighted by molar-refractivity contribution is -0.0874. The molecule has 3 heteroatoms. The highest BCUT2D eigenvalue weighted by Gasteiger charge is 2.51. The highest BCUT2D eigenvalue weighted by molar-refractivity contribution is 8.00. The minimum absolute atomic E-state index is 0.134. The Labute approximate surface area is 125 Å². The van der Waals surface area contributed by atoms with Crippen LogP contribution >= 0.6 is 11.8 Å². The molecule has 2 aliphatic heterocycles. The van der Waals surface area contributed by atoms with Crippen LogP contribution in [0, 0.1) is 5.92 Å². The fourth-order valence-electron chi connectivity index (χ4n) is 3.80. The van der Waals surface area contributed by atoms with E-state index in [4.69, 9.17) is 4.74 Å². The maximum Gasteiger partial charge on any atom is 0.0722 e. The van der Waals surface area contributed by atoms with Crippen LogP contribution in [0.4, 0.5) is 0 Å². The van der Waals surface area contributed by atoms with Crippen LogP contribution in [0.1, 0.15) is 39.7 Å². The number of hydrogen-bond acceptors (Lipinski definition) is 3. The Kier molecular flexibility index (Phi) is 3.43. The standard InChI is InChI=1S/C17H24O2S/c1-16(2)10-12(17(3,4)19-16)15(18)14-9-11-7-5-6-8-13(11)20-14/h5-8,12,14-15,18H,9-10H2,1-4H3. The minimum atomic E-state index is -0.316. The molecule has 3 atom stereocenters. The molecule has 20 heavy (non-hydrogen) atoms. The summed E-state index contributed by atoms with van der Waals surface area (Å²) in [7, 11) is 0. The van der Waals surface area contributed by atoms with Crippen LogP contribution in [-0.2, 0) is 11.2 Å². The number of aliphatic hydroxyl groups excluding tert-OH is 1. The molecule has 1 N–H and O–H groups in total. The third-order valence-corrected chi connectivity index (χ3v) is 6.01. The van der Waals surface area contributed by atoms with Crippen molar-refractivity contribution in [3.8, 4) is 0 Å². The van der Waals surface area contributed by atoms with Gasteiger partial charge in [0.15, 0.2) is 0 Å². The van der Waals surface area contributed by atoms with Crippen molar-refractivity contribution in [3.05, 3.63) is 29.8 Å². The summed E-state index contributed by atoms with van der Waals surface area (Å²) in [4.78, 5) is 1.33. The smallest absolute Gasteiger partial charge is 0.0722 e. The average molecular weight is 292 g/mol. The van der Waals surface area contributed by atoms with Crippen LogP contribution in [0.3, 0.4) is 0 Å². The van der Waals surface area contributed by atoms with Gasteiger partial charge in [-0.15, -0.1) is 11.8 Å². The predicted octanol–water partition coefficient (Wildman–Crippen LogP) is 3.66. The molecule has 3 rings (SSSR count). The van der Waals surface area contributed by atoms with Crippen molar-refractivity contribution in [2.75, 3.05) is 0 Å². The number of ether oxygens (including phenoxy) is 1. The molecule has 2 heterocycles. The van der Waals surface area contributed by atoms with E-state index < -0.39 is 0 Å². The van der Waals surface area contributed by atoms with Gasteiger partial charge in [-0.25, -0.2) is 0 Å². The number of hydrogen-bond donors (Lipinski definition) is 1. The van der Waals surface area contributed by atoms with E-state index in [-0.39, 0.29) is 28.5 Å². The molecule has 0 aliphatic carbocycles. The largest absolute Gasteiger partial charge is 0.392 e. The van der Waals surface area contributed by atoms with Gasteiger partial charge in [0.05, 0.1) is 17.3 Å². The first-order chi connectivity index (χ1) is 9.28. The average Bonchev–Trinajstić information content (AvgIpc) is 2.85. The first kappa shape index (κ1) is 14.4. The molecule has 2 nitrogen and oxygen atoms in total. The zero-order valence-corrected chi connectivity index (χ0v) is 13.5. The molecule has 1 saturated heterocycles. The molecule has 0 aromatic heterocycles. The lowest BCUT2D eigenvalue weighted by Crippen LogP contribution is -2.41. The molecule has 1 fully saturated rings. The Morgan fingerprint density at radius 2 is 1.95 bits per heavy atom. The van der Waals surface area contributed by atoms with Gasteiger partial charge in [-0.2, -0.15) is 0 Å². The number of benzene rings is 1. The molecule has 0 radical (unpaired) electrons. The summed E-state index contributed by atoms with van der Waals surface area (Å²) < 4.78 is 6.14. The molecule has 0 bridgehead atoms. The number of fused-ring (bicyclic) bond motifs is 1. The van der Waals surface area contributed by atoms with E-state index in [2.05, 4.69) is 52.0 Å². The van der Waals surface area contributed by atoms with Gasteiger partial charge in [-0.1, -0.05) is 18.2 Å². The van der Waals surface area contributed by atoms with E-state index >= 15 is 0 Å². The topological polar surface area (TPSA) is 29.5 Å². The SMILES string of the molecule is CC1(C)CC(C(O)C2Cc3ccccc3S2)C(C)(C)O1. The maximum atomic E-state index is 10.9. The Morgan fingerprint density at radius 1 is 1.25 bits per heavy atom. The van der Waals surface area contributed by atoms with Crippen LogP contribution in [0.5, 0.6) is 0 Å². The van der Waals surface area contributed by atoms with Crippen LogP contribution in [-0.4, -0.2) is 27.7 Å². The summed E-state index contributed by atoms with van der Waals surface area (Å²) >= 11 is 1.83. The van der Waals surface area contributed by atoms with E-state index in [0.29, 0.717) is 0 Å². The van der Waals surface area contributed by atoms with Crippen LogP contribution in [0.15, 0.2) is 29.2 Å². The summed E-state index contributed by atoms with van der Waals surface area (Å²) in [6.07, 6.45) is 1.58. The zero-order valence-electron chi connectivity index (χ0n) is 12.7. The fourth-order valence-corrected chi connectivity index (χ4v) is 5.17. The van der Waals surface area contributed by atoms with Crippen LogP contribution in [0.2, 0.25) is 0 Å². The zero-order chi connectivity index (χ0) is 14.5. The van der Waals surface area contributed by atoms with Gasteiger partial charge in [0.1, 0.15) is 0 Å². The van der Waals surface area contributed by atoms with Crippen molar-refractivity contribution >= 4 is 11.8 Å². The molecule has 0 spiro atoms. The fraction of sp³-hybridized carbons (Fsp3) is 0.647. The van der Waals surface area contributed by atoms with Crippen molar-refractivity contribution in [1.29, 1.82) is 0 Å². The Bertz CT molecular complexity index is 484. The van der Waals surface area contributed by atoms with Crippen LogP contribution in [0.25, 0.3) is 0 Å². The van der Waals surface area contributed by atoms with Crippen molar-refractivity contribution in [2.45, 2.75) is 68.0 Å². The Morgan fingerprint density at radius 3 is 2.55 bits per heavy atom. The molecule has 0 saturated carbocycles. The second kappa shape index (κ2) is 4.75. The molecule has 1 aromatic carbocycles. The molecular formula is C17H24O2S. The van der Waals surface area contributed by atoms with Crippen molar-refractivity contribution in [3.63, 3.8) is 0 Å². The quantitative estimate of drug-likeness (QED) is 0.902. The molecule has 1 aromatic rings. The Hall–Kier alpha value is -0.510. The minimum Gasteiger partial charge on any atom is -0.392 e. The van der Waals surface area contributed by atoms with E-state index in [1.165, 1.54) is 10.5 Å². The summed E-state index contributed by atoms with van der Waals surface area (Å²) in [5, 5.41) is 11.1. The first-order valence-electron chi connectivity index (χ1n) is 7.41. The third-order valence-electron chi connectivity index (χ3n) is 4.61. The van der Waals surface area contributed by atoms with E-state index in [0.717, 1.165) is 12.8 Å². The van der Waals surface area contributed by atoms with E-state index in [1.807, 2.05) is 11.8 Å². The third kappa shape index (κ3) is 2.51. The summed E-state index contributed by atoms with van der Waals surface area (Å²) in [6, 6.07) is 8.49. The molecular weight excluding hydrogens is 268 g/mol. The van der Waals surface area contributed by atoms with E-state index in [9.17, 15) is 5.11 Å².